The number of nitro benzene ring substituents is 1. The summed E-state index contributed by atoms with van der Waals surface area (Å²) in [6, 6.07) is 10.7. The van der Waals surface area contributed by atoms with Crippen molar-refractivity contribution in [3.63, 3.8) is 0 Å². The van der Waals surface area contributed by atoms with Crippen LogP contribution in [0.4, 0.5) is 11.4 Å². The molecule has 0 radical (unpaired) electrons. The molecule has 0 unspecified atom stereocenters. The highest BCUT2D eigenvalue weighted by Crippen LogP contribution is 2.25. The van der Waals surface area contributed by atoms with Gasteiger partial charge in [-0.25, -0.2) is 0 Å². The molecule has 0 heterocycles. The first kappa shape index (κ1) is 18.9. The summed E-state index contributed by atoms with van der Waals surface area (Å²) in [6.45, 7) is 4.82. The summed E-state index contributed by atoms with van der Waals surface area (Å²) in [6.07, 6.45) is 1.98. The van der Waals surface area contributed by atoms with E-state index in [0.29, 0.717) is 29.0 Å². The minimum atomic E-state index is -0.492. The summed E-state index contributed by atoms with van der Waals surface area (Å²) in [4.78, 5) is 33.6. The zero-order valence-corrected chi connectivity index (χ0v) is 14.2. The van der Waals surface area contributed by atoms with Crippen LogP contribution in [0.5, 0.6) is 5.75 Å². The second kappa shape index (κ2) is 8.57. The Morgan fingerprint density at radius 1 is 1.23 bits per heavy atom. The molecule has 1 amide bonds. The van der Waals surface area contributed by atoms with Crippen LogP contribution in [-0.4, -0.2) is 23.2 Å². The van der Waals surface area contributed by atoms with E-state index in [4.69, 9.17) is 4.74 Å². The van der Waals surface area contributed by atoms with Crippen LogP contribution in [0.25, 0.3) is 0 Å². The lowest BCUT2D eigenvalue weighted by Gasteiger charge is -2.11. The number of allylic oxidation sites excluding steroid dienone is 1. The molecule has 0 saturated carbocycles. The number of carbonyl (C=O) groups excluding carboxylic acids is 2. The van der Waals surface area contributed by atoms with Gasteiger partial charge in [0.2, 0.25) is 0 Å². The number of benzene rings is 2. The van der Waals surface area contributed by atoms with Crippen LogP contribution < -0.4 is 10.1 Å². The van der Waals surface area contributed by atoms with Crippen molar-refractivity contribution in [1.82, 2.24) is 0 Å². The first-order valence-corrected chi connectivity index (χ1v) is 7.82. The number of hydrogen-bond acceptors (Lipinski definition) is 5. The molecule has 2 aromatic carbocycles. The van der Waals surface area contributed by atoms with Gasteiger partial charge in [-0.3, -0.25) is 19.7 Å². The molecule has 1 N–H and O–H groups in total. The van der Waals surface area contributed by atoms with Crippen LogP contribution in [0.15, 0.2) is 55.1 Å². The van der Waals surface area contributed by atoms with Gasteiger partial charge in [-0.05, 0) is 43.7 Å². The molecular weight excluding hydrogens is 336 g/mol. The summed E-state index contributed by atoms with van der Waals surface area (Å²) in [5.41, 5.74) is 1.62. The fourth-order valence-corrected chi connectivity index (χ4v) is 2.26. The van der Waals surface area contributed by atoms with E-state index in [-0.39, 0.29) is 24.0 Å². The molecule has 7 heteroatoms. The van der Waals surface area contributed by atoms with Gasteiger partial charge >= 0.3 is 0 Å². The Bertz CT molecular complexity index is 844. The first-order chi connectivity index (χ1) is 12.4. The molecule has 26 heavy (non-hydrogen) atoms. The van der Waals surface area contributed by atoms with E-state index in [0.717, 1.165) is 0 Å². The third kappa shape index (κ3) is 5.01. The molecule has 0 atom stereocenters. The smallest absolute Gasteiger partial charge is 0.269 e. The molecule has 0 aliphatic heterocycles. The summed E-state index contributed by atoms with van der Waals surface area (Å²) in [5, 5.41) is 13.5. The van der Waals surface area contributed by atoms with Crippen LogP contribution in [0.3, 0.4) is 0 Å². The van der Waals surface area contributed by atoms with Crippen molar-refractivity contribution in [3.8, 4) is 5.75 Å². The minimum absolute atomic E-state index is 0.0517. The number of nitrogens with one attached hydrogen (secondary N) is 1. The lowest BCUT2D eigenvalue weighted by molar-refractivity contribution is -0.384. The zero-order chi connectivity index (χ0) is 19.1. The molecule has 0 aliphatic carbocycles. The average molecular weight is 354 g/mol. The molecule has 7 nitrogen and oxygen atoms in total. The van der Waals surface area contributed by atoms with Crippen LogP contribution in [0.1, 0.15) is 22.8 Å². The lowest BCUT2D eigenvalue weighted by atomic mass is 10.1. The van der Waals surface area contributed by atoms with Crippen molar-refractivity contribution in [2.75, 3.05) is 11.9 Å². The first-order valence-electron chi connectivity index (χ1n) is 7.82. The lowest BCUT2D eigenvalue weighted by Crippen LogP contribution is -2.20. The Labute approximate surface area is 150 Å². The molecule has 0 bridgehead atoms. The summed E-state index contributed by atoms with van der Waals surface area (Å²) in [7, 11) is 0. The number of non-ortho nitro benzene ring substituents is 1. The molecule has 0 spiro atoms. The number of ether oxygens (including phenoxy) is 1. The van der Waals surface area contributed by atoms with Gasteiger partial charge in [0.25, 0.3) is 11.6 Å². The molecule has 2 aromatic rings. The Hall–Kier alpha value is -3.48. The molecule has 134 valence electrons. The summed E-state index contributed by atoms with van der Waals surface area (Å²) >= 11 is 0. The van der Waals surface area contributed by atoms with Crippen molar-refractivity contribution in [1.29, 1.82) is 0 Å². The predicted molar refractivity (Wildman–Crippen MR) is 97.6 cm³/mol. The standard InChI is InChI=1S/C19H18N2O5/c1-3-4-15-11-17(21(24)25)9-10-18(15)26-12-19(23)20-16-7-5-14(6-8-16)13(2)22/h3,5-11H,1,4,12H2,2H3,(H,20,23). The topological polar surface area (TPSA) is 98.5 Å². The number of nitrogens with zero attached hydrogens (tertiary/aromatic N) is 1. The van der Waals surface area contributed by atoms with Gasteiger partial charge in [0.05, 0.1) is 4.92 Å². The minimum Gasteiger partial charge on any atom is -0.483 e. The molecule has 2 rings (SSSR count). The highest BCUT2D eigenvalue weighted by Gasteiger charge is 2.12. The van der Waals surface area contributed by atoms with Gasteiger partial charge in [-0.15, -0.1) is 6.58 Å². The Kier molecular flexibility index (Phi) is 6.21. The number of ketones is 1. The van der Waals surface area contributed by atoms with Gasteiger partial charge in [0, 0.05) is 28.9 Å². The molecule has 0 aliphatic rings. The number of hydrogen-bond donors (Lipinski definition) is 1. The number of amides is 1. The summed E-state index contributed by atoms with van der Waals surface area (Å²) in [5.74, 6) is -0.0554. The molecule has 0 fully saturated rings. The van der Waals surface area contributed by atoms with E-state index in [1.54, 1.807) is 30.3 Å². The van der Waals surface area contributed by atoms with Gasteiger partial charge < -0.3 is 10.1 Å². The van der Waals surface area contributed by atoms with Crippen molar-refractivity contribution in [3.05, 3.63) is 76.4 Å². The summed E-state index contributed by atoms with van der Waals surface area (Å²) < 4.78 is 5.48. The highest BCUT2D eigenvalue weighted by molar-refractivity contribution is 5.95. The maximum Gasteiger partial charge on any atom is 0.269 e. The Morgan fingerprint density at radius 2 is 1.92 bits per heavy atom. The number of rotatable bonds is 8. The molecular formula is C19H18N2O5. The van der Waals surface area contributed by atoms with Crippen LogP contribution in [0.2, 0.25) is 0 Å². The number of anilines is 1. The number of nitro groups is 1. The van der Waals surface area contributed by atoms with Crippen molar-refractivity contribution in [2.24, 2.45) is 0 Å². The van der Waals surface area contributed by atoms with Gasteiger partial charge in [-0.2, -0.15) is 0 Å². The van der Waals surface area contributed by atoms with Gasteiger partial charge in [-0.1, -0.05) is 6.08 Å². The SMILES string of the molecule is C=CCc1cc([N+](=O)[O-])ccc1OCC(=O)Nc1ccc(C(C)=O)cc1. The predicted octanol–water partition coefficient (Wildman–Crippen LogP) is 3.54. The Morgan fingerprint density at radius 3 is 2.50 bits per heavy atom. The zero-order valence-electron chi connectivity index (χ0n) is 14.2. The van der Waals surface area contributed by atoms with Crippen molar-refractivity contribution < 1.29 is 19.2 Å². The van der Waals surface area contributed by atoms with Crippen LogP contribution >= 0.6 is 0 Å². The van der Waals surface area contributed by atoms with E-state index in [1.807, 2.05) is 0 Å². The van der Waals surface area contributed by atoms with Gasteiger partial charge in [0.15, 0.2) is 12.4 Å². The van der Waals surface area contributed by atoms with Crippen molar-refractivity contribution in [2.45, 2.75) is 13.3 Å². The third-order valence-electron chi connectivity index (χ3n) is 3.55. The van der Waals surface area contributed by atoms with Crippen LogP contribution in [0, 0.1) is 10.1 Å². The van der Waals surface area contributed by atoms with E-state index >= 15 is 0 Å². The number of Topliss-reactive ketones (excluding diaryl/α,β-unsaturated/α-hetero) is 1. The van der Waals surface area contributed by atoms with Crippen LogP contribution in [-0.2, 0) is 11.2 Å². The third-order valence-corrected chi connectivity index (χ3v) is 3.55. The monoisotopic (exact) mass is 354 g/mol. The largest absolute Gasteiger partial charge is 0.483 e. The molecule has 0 aromatic heterocycles. The second-order valence-corrected chi connectivity index (χ2v) is 5.51. The average Bonchev–Trinajstić information content (AvgIpc) is 2.61. The fourth-order valence-electron chi connectivity index (χ4n) is 2.26. The fraction of sp³-hybridized carbons (Fsp3) is 0.158. The van der Waals surface area contributed by atoms with E-state index in [9.17, 15) is 19.7 Å². The quantitative estimate of drug-likeness (QED) is 0.338. The van der Waals surface area contributed by atoms with E-state index in [2.05, 4.69) is 11.9 Å². The normalized spacial score (nSPS) is 10.0. The van der Waals surface area contributed by atoms with Gasteiger partial charge in [0.1, 0.15) is 5.75 Å². The second-order valence-electron chi connectivity index (χ2n) is 5.51. The number of carbonyl (C=O) groups is 2. The van der Waals surface area contributed by atoms with E-state index < -0.39 is 4.92 Å². The highest BCUT2D eigenvalue weighted by atomic mass is 16.6. The Balaban J connectivity index is 2.01. The van der Waals surface area contributed by atoms with Crippen molar-refractivity contribution >= 4 is 23.1 Å². The maximum atomic E-state index is 12.0. The van der Waals surface area contributed by atoms with E-state index in [1.165, 1.54) is 25.1 Å². The maximum absolute atomic E-state index is 12.0. The molecule has 0 saturated heterocycles.